The summed E-state index contributed by atoms with van der Waals surface area (Å²) in [7, 11) is 0. The van der Waals surface area contributed by atoms with Crippen LogP contribution in [-0.4, -0.2) is 46.6 Å². The third-order valence-corrected chi connectivity index (χ3v) is 3.34. The van der Waals surface area contributed by atoms with E-state index < -0.39 is 47.9 Å². The molecule has 29 heavy (non-hydrogen) atoms. The summed E-state index contributed by atoms with van der Waals surface area (Å²) in [5.41, 5.74) is -0.529. The zero-order chi connectivity index (χ0) is 21.7. The molecule has 0 heterocycles. The summed E-state index contributed by atoms with van der Waals surface area (Å²) in [4.78, 5) is 45.7. The number of aliphatic carboxylic acids is 1. The number of ether oxygens (including phenoxy) is 1. The summed E-state index contributed by atoms with van der Waals surface area (Å²) in [6, 6.07) is 3.72. The molecule has 0 fully saturated rings. The van der Waals surface area contributed by atoms with Gasteiger partial charge in [0.1, 0.15) is 11.6 Å². The van der Waals surface area contributed by atoms with Gasteiger partial charge in [0.05, 0.1) is 6.42 Å². The molecule has 0 radical (unpaired) electrons. The van der Waals surface area contributed by atoms with Gasteiger partial charge < -0.3 is 15.2 Å². The molecule has 0 aromatic heterocycles. The van der Waals surface area contributed by atoms with Crippen molar-refractivity contribution in [1.82, 2.24) is 5.32 Å². The number of hydrogen-bond donors (Lipinski definition) is 2. The van der Waals surface area contributed by atoms with E-state index in [9.17, 15) is 37.5 Å². The fraction of sp³-hybridized carbons (Fsp3) is 0.474. The van der Waals surface area contributed by atoms with E-state index in [1.54, 1.807) is 20.8 Å². The number of carbonyl (C=O) groups is 4. The normalized spacial score (nSPS) is 12.3. The minimum atomic E-state index is -5.09. The van der Waals surface area contributed by atoms with Crippen LogP contribution in [0, 0.1) is 0 Å². The monoisotopic (exact) mass is 419 g/mol. The highest BCUT2D eigenvalue weighted by Crippen LogP contribution is 2.19. The third-order valence-electron chi connectivity index (χ3n) is 3.34. The van der Waals surface area contributed by atoms with Gasteiger partial charge >= 0.3 is 18.2 Å². The van der Waals surface area contributed by atoms with Crippen molar-refractivity contribution < 1.29 is 42.2 Å². The Hall–Kier alpha value is -2.91. The molecule has 1 atom stereocenters. The maximum absolute atomic E-state index is 12.2. The zero-order valence-corrected chi connectivity index (χ0v) is 15.4. The minimum absolute atomic E-state index is 0. The van der Waals surface area contributed by atoms with Crippen molar-refractivity contribution in [3.63, 3.8) is 0 Å². The van der Waals surface area contributed by atoms with Crippen LogP contribution in [0.4, 0.5) is 18.0 Å². The maximum atomic E-state index is 12.2. The first-order valence-electron chi connectivity index (χ1n) is 8.13. The van der Waals surface area contributed by atoms with Gasteiger partial charge in [0.2, 0.25) is 5.78 Å². The standard InChI is InChI=1S/C18H20F3NO6.CH4/c1-17(2,3)28-16(27)22-12(15(25)26)8-10-4-6-11(7-5-10)13(23)9-14(24)18(19,20)21;/h4-7,12H,8-9H2,1-3H3,(H,22,27)(H,25,26);1H4. The van der Waals surface area contributed by atoms with E-state index in [1.807, 2.05) is 0 Å². The predicted octanol–water partition coefficient (Wildman–Crippen LogP) is 3.55. The minimum Gasteiger partial charge on any atom is -0.480 e. The van der Waals surface area contributed by atoms with E-state index in [2.05, 4.69) is 5.32 Å². The van der Waals surface area contributed by atoms with Gasteiger partial charge in [-0.1, -0.05) is 31.7 Å². The quantitative estimate of drug-likeness (QED) is 0.517. The van der Waals surface area contributed by atoms with Crippen LogP contribution in [0.25, 0.3) is 0 Å². The van der Waals surface area contributed by atoms with E-state index in [1.165, 1.54) is 24.3 Å². The first-order valence-corrected chi connectivity index (χ1v) is 8.13. The number of alkyl halides is 3. The van der Waals surface area contributed by atoms with Crippen molar-refractivity contribution in [2.24, 2.45) is 0 Å². The average molecular weight is 419 g/mol. The molecule has 0 saturated carbocycles. The van der Waals surface area contributed by atoms with Crippen LogP contribution in [0.15, 0.2) is 24.3 Å². The lowest BCUT2D eigenvalue weighted by Crippen LogP contribution is -2.44. The fourth-order valence-corrected chi connectivity index (χ4v) is 2.06. The topological polar surface area (TPSA) is 110 Å². The first-order chi connectivity index (χ1) is 12.7. The van der Waals surface area contributed by atoms with Crippen molar-refractivity contribution >= 4 is 23.6 Å². The highest BCUT2D eigenvalue weighted by molar-refractivity contribution is 6.09. The summed E-state index contributed by atoms with van der Waals surface area (Å²) in [6.07, 6.45) is -7.46. The lowest BCUT2D eigenvalue weighted by Gasteiger charge is -2.22. The van der Waals surface area contributed by atoms with Crippen molar-refractivity contribution in [1.29, 1.82) is 0 Å². The molecule has 0 aliphatic heterocycles. The SMILES string of the molecule is C.CC(C)(C)OC(=O)NC(Cc1ccc(C(=O)CC(=O)C(F)(F)F)cc1)C(=O)O. The molecule has 2 N–H and O–H groups in total. The van der Waals surface area contributed by atoms with Crippen molar-refractivity contribution in [2.45, 2.75) is 58.9 Å². The Balaban J connectivity index is 0.00000784. The van der Waals surface area contributed by atoms with Gasteiger partial charge in [-0.15, -0.1) is 0 Å². The van der Waals surface area contributed by atoms with Crippen LogP contribution >= 0.6 is 0 Å². The molecule has 0 bridgehead atoms. The second kappa shape index (κ2) is 10.0. The molecule has 0 saturated heterocycles. The number of carboxylic acid groups (broad SMARTS) is 1. The number of benzene rings is 1. The van der Waals surface area contributed by atoms with Crippen LogP contribution in [-0.2, 0) is 20.7 Å². The molecule has 1 rings (SSSR count). The number of hydrogen-bond acceptors (Lipinski definition) is 5. The summed E-state index contributed by atoms with van der Waals surface area (Å²) < 4.78 is 41.6. The van der Waals surface area contributed by atoms with Gasteiger partial charge in [-0.2, -0.15) is 13.2 Å². The third kappa shape index (κ3) is 9.22. The van der Waals surface area contributed by atoms with Crippen LogP contribution < -0.4 is 5.32 Å². The van der Waals surface area contributed by atoms with E-state index in [0.717, 1.165) is 0 Å². The Morgan fingerprint density at radius 3 is 2.00 bits per heavy atom. The van der Waals surface area contributed by atoms with Gasteiger partial charge in [-0.25, -0.2) is 9.59 Å². The Labute approximate surface area is 166 Å². The highest BCUT2D eigenvalue weighted by atomic mass is 19.4. The van der Waals surface area contributed by atoms with Gasteiger partial charge in [0.15, 0.2) is 5.78 Å². The number of carboxylic acids is 1. The highest BCUT2D eigenvalue weighted by Gasteiger charge is 2.39. The Morgan fingerprint density at radius 1 is 1.07 bits per heavy atom. The molecular weight excluding hydrogens is 395 g/mol. The van der Waals surface area contributed by atoms with E-state index in [-0.39, 0.29) is 19.4 Å². The smallest absolute Gasteiger partial charge is 0.450 e. The second-order valence-electron chi connectivity index (χ2n) is 6.96. The van der Waals surface area contributed by atoms with Crippen LogP contribution in [0.1, 0.15) is 50.5 Å². The number of alkyl carbamates (subject to hydrolysis) is 1. The van der Waals surface area contributed by atoms with Gasteiger partial charge in [0.25, 0.3) is 0 Å². The van der Waals surface area contributed by atoms with Gasteiger partial charge in [0, 0.05) is 12.0 Å². The molecule has 10 heteroatoms. The summed E-state index contributed by atoms with van der Waals surface area (Å²) in [5, 5.41) is 11.4. The molecule has 0 aliphatic carbocycles. The number of Topliss-reactive ketones (excluding diaryl/α,β-unsaturated/α-hetero) is 2. The molecule has 1 aromatic carbocycles. The average Bonchev–Trinajstić information content (AvgIpc) is 2.52. The predicted molar refractivity (Wildman–Crippen MR) is 97.7 cm³/mol. The second-order valence-corrected chi connectivity index (χ2v) is 6.96. The summed E-state index contributed by atoms with van der Waals surface area (Å²) in [6.45, 7) is 4.84. The van der Waals surface area contributed by atoms with E-state index >= 15 is 0 Å². The Morgan fingerprint density at radius 2 is 1.59 bits per heavy atom. The largest absolute Gasteiger partial charge is 0.480 e. The van der Waals surface area contributed by atoms with E-state index in [4.69, 9.17) is 4.74 Å². The summed E-state index contributed by atoms with van der Waals surface area (Å²) >= 11 is 0. The number of nitrogens with one attached hydrogen (secondary N) is 1. The molecule has 1 aromatic rings. The van der Waals surface area contributed by atoms with Crippen LogP contribution in [0.3, 0.4) is 0 Å². The number of carbonyl (C=O) groups excluding carboxylic acids is 3. The lowest BCUT2D eigenvalue weighted by molar-refractivity contribution is -0.170. The maximum Gasteiger partial charge on any atom is 0.450 e. The van der Waals surface area contributed by atoms with Crippen LogP contribution in [0.2, 0.25) is 0 Å². The van der Waals surface area contributed by atoms with Crippen molar-refractivity contribution in [2.75, 3.05) is 0 Å². The molecule has 7 nitrogen and oxygen atoms in total. The summed E-state index contributed by atoms with van der Waals surface area (Å²) in [5.74, 6) is -4.47. The van der Waals surface area contributed by atoms with E-state index in [0.29, 0.717) is 5.56 Å². The lowest BCUT2D eigenvalue weighted by atomic mass is 10.0. The van der Waals surface area contributed by atoms with Gasteiger partial charge in [-0.3, -0.25) is 9.59 Å². The van der Waals surface area contributed by atoms with Crippen LogP contribution in [0.5, 0.6) is 0 Å². The number of halogens is 3. The molecule has 162 valence electrons. The van der Waals surface area contributed by atoms with Crippen molar-refractivity contribution in [3.8, 4) is 0 Å². The molecule has 0 spiro atoms. The molecular formula is C19H24F3NO6. The first kappa shape index (κ1) is 26.1. The molecule has 0 aliphatic rings. The number of amides is 1. The zero-order valence-electron chi connectivity index (χ0n) is 15.4. The number of ketones is 2. The number of rotatable bonds is 7. The Kier molecular flexibility index (Phi) is 9.03. The Bertz CT molecular complexity index is 751. The van der Waals surface area contributed by atoms with Gasteiger partial charge in [-0.05, 0) is 26.3 Å². The molecule has 1 amide bonds. The fourth-order valence-electron chi connectivity index (χ4n) is 2.06. The molecule has 1 unspecified atom stereocenters. The van der Waals surface area contributed by atoms with Crippen molar-refractivity contribution in [3.05, 3.63) is 35.4 Å².